The Hall–Kier alpha value is -3.93. The Morgan fingerprint density at radius 3 is 2.59 bits per heavy atom. The molecule has 1 amide bonds. The molecular formula is C29H36N6O5S. The first-order valence-electron chi connectivity index (χ1n) is 13.6. The predicted molar refractivity (Wildman–Crippen MR) is 158 cm³/mol. The number of rotatable bonds is 6. The summed E-state index contributed by atoms with van der Waals surface area (Å²) in [5.74, 6) is 1.03. The van der Waals surface area contributed by atoms with Crippen LogP contribution in [0.15, 0.2) is 36.7 Å². The molecule has 0 saturated carbocycles. The zero-order chi connectivity index (χ0) is 29.4. The fraction of sp³-hybridized carbons (Fsp3) is 0.448. The monoisotopic (exact) mass is 580 g/mol. The van der Waals surface area contributed by atoms with Crippen LogP contribution in [0.4, 0.5) is 27.8 Å². The minimum absolute atomic E-state index is 0.121. The molecule has 11 nitrogen and oxygen atoms in total. The number of pyridine rings is 1. The van der Waals surface area contributed by atoms with Gasteiger partial charge in [0.15, 0.2) is 0 Å². The number of aromatic nitrogens is 3. The van der Waals surface area contributed by atoms with Crippen molar-refractivity contribution in [2.75, 3.05) is 46.8 Å². The number of nitrogens with one attached hydrogen (secondary N) is 1. The molecule has 41 heavy (non-hydrogen) atoms. The van der Waals surface area contributed by atoms with Crippen LogP contribution in [0.3, 0.4) is 0 Å². The number of benzene rings is 1. The molecule has 0 radical (unpaired) electrons. The Labute approximate surface area is 240 Å². The lowest BCUT2D eigenvalue weighted by Gasteiger charge is -2.35. The summed E-state index contributed by atoms with van der Waals surface area (Å²) in [7, 11) is -3.01. The van der Waals surface area contributed by atoms with Gasteiger partial charge in [-0.1, -0.05) is 12.1 Å². The number of aryl methyl sites for hydroxylation is 1. The third-order valence-electron chi connectivity index (χ3n) is 6.94. The van der Waals surface area contributed by atoms with Crippen LogP contribution in [0.25, 0.3) is 0 Å². The normalized spacial score (nSPS) is 15.0. The van der Waals surface area contributed by atoms with Gasteiger partial charge in [-0.15, -0.1) is 0 Å². The van der Waals surface area contributed by atoms with Gasteiger partial charge < -0.3 is 19.7 Å². The number of carbonyl (C=O) groups is 1. The highest BCUT2D eigenvalue weighted by molar-refractivity contribution is 7.90. The molecule has 0 spiro atoms. The molecule has 5 rings (SSSR count). The molecule has 0 aliphatic carbocycles. The summed E-state index contributed by atoms with van der Waals surface area (Å²) >= 11 is 0. The zero-order valence-electron chi connectivity index (χ0n) is 24.1. The van der Waals surface area contributed by atoms with E-state index in [4.69, 9.17) is 14.5 Å². The second kappa shape index (κ2) is 11.2. The Kier molecular flexibility index (Phi) is 7.78. The van der Waals surface area contributed by atoms with Gasteiger partial charge in [-0.05, 0) is 63.8 Å². The van der Waals surface area contributed by atoms with Crippen LogP contribution in [0.2, 0.25) is 0 Å². The van der Waals surface area contributed by atoms with Crippen LogP contribution >= 0.6 is 0 Å². The van der Waals surface area contributed by atoms with Gasteiger partial charge >= 0.3 is 6.09 Å². The van der Waals surface area contributed by atoms with Crippen molar-refractivity contribution in [3.05, 3.63) is 59.0 Å². The summed E-state index contributed by atoms with van der Waals surface area (Å²) in [5, 5.41) is 3.25. The number of nitrogens with zero attached hydrogens (tertiary/aromatic N) is 5. The van der Waals surface area contributed by atoms with E-state index < -0.39 is 21.5 Å². The first kappa shape index (κ1) is 28.6. The summed E-state index contributed by atoms with van der Waals surface area (Å²) in [5.41, 5.74) is 5.60. The van der Waals surface area contributed by atoms with Crippen molar-refractivity contribution in [3.63, 3.8) is 0 Å². The Bertz CT molecular complexity index is 1550. The van der Waals surface area contributed by atoms with Crippen LogP contribution in [-0.4, -0.2) is 66.8 Å². The molecule has 4 heterocycles. The van der Waals surface area contributed by atoms with E-state index in [0.29, 0.717) is 43.6 Å². The Morgan fingerprint density at radius 1 is 1.12 bits per heavy atom. The maximum atomic E-state index is 13.0. The molecule has 1 N–H and O–H groups in total. The first-order valence-corrected chi connectivity index (χ1v) is 15.7. The van der Waals surface area contributed by atoms with E-state index in [2.05, 4.69) is 20.2 Å². The molecule has 3 aromatic rings. The molecule has 0 saturated heterocycles. The summed E-state index contributed by atoms with van der Waals surface area (Å²) < 4.78 is 34.3. The van der Waals surface area contributed by atoms with Crippen molar-refractivity contribution < 1.29 is 22.7 Å². The van der Waals surface area contributed by atoms with Crippen molar-refractivity contribution in [1.29, 1.82) is 0 Å². The van der Waals surface area contributed by atoms with Gasteiger partial charge in [0.1, 0.15) is 27.7 Å². The van der Waals surface area contributed by atoms with Crippen LogP contribution in [0.1, 0.15) is 43.2 Å². The van der Waals surface area contributed by atoms with E-state index in [9.17, 15) is 13.2 Å². The summed E-state index contributed by atoms with van der Waals surface area (Å²) in [6.07, 6.45) is 5.73. The van der Waals surface area contributed by atoms with Crippen LogP contribution < -0.4 is 19.9 Å². The zero-order valence-corrected chi connectivity index (χ0v) is 24.9. The highest BCUT2D eigenvalue weighted by Gasteiger charge is 2.32. The predicted octanol–water partition coefficient (Wildman–Crippen LogP) is 4.21. The molecule has 0 bridgehead atoms. The third kappa shape index (κ3) is 6.87. The number of fused-ring (bicyclic) bond motifs is 2. The molecule has 2 aromatic heterocycles. The molecule has 2 aliphatic rings. The molecule has 218 valence electrons. The maximum Gasteiger partial charge on any atom is 0.415 e. The third-order valence-corrected chi connectivity index (χ3v) is 7.89. The van der Waals surface area contributed by atoms with Gasteiger partial charge in [-0.3, -0.25) is 4.90 Å². The molecule has 0 unspecified atom stereocenters. The van der Waals surface area contributed by atoms with Gasteiger partial charge in [0, 0.05) is 30.2 Å². The average molecular weight is 581 g/mol. The highest BCUT2D eigenvalue weighted by Crippen LogP contribution is 2.39. The topological polar surface area (TPSA) is 127 Å². The van der Waals surface area contributed by atoms with Gasteiger partial charge in [-0.2, -0.15) is 0 Å². The maximum absolute atomic E-state index is 13.0. The van der Waals surface area contributed by atoms with Crippen molar-refractivity contribution in [1.82, 2.24) is 15.0 Å². The fourth-order valence-electron chi connectivity index (χ4n) is 4.90. The molecule has 12 heteroatoms. The summed E-state index contributed by atoms with van der Waals surface area (Å²) in [4.78, 5) is 30.7. The average Bonchev–Trinajstić information content (AvgIpc) is 2.91. The number of hydrogen-bond donors (Lipinski definition) is 1. The minimum atomic E-state index is -3.01. The number of amides is 1. The quantitative estimate of drug-likeness (QED) is 0.453. The highest BCUT2D eigenvalue weighted by atomic mass is 32.2. The van der Waals surface area contributed by atoms with E-state index in [1.807, 2.05) is 58.2 Å². The molecule has 2 aliphatic heterocycles. The minimum Gasteiger partial charge on any atom is -0.474 e. The van der Waals surface area contributed by atoms with E-state index in [1.54, 1.807) is 11.1 Å². The molecule has 1 aromatic carbocycles. The summed E-state index contributed by atoms with van der Waals surface area (Å²) in [6.45, 7) is 9.58. The van der Waals surface area contributed by atoms with Crippen molar-refractivity contribution in [2.24, 2.45) is 0 Å². The molecule has 0 atom stereocenters. The van der Waals surface area contributed by atoms with Crippen molar-refractivity contribution in [2.45, 2.75) is 52.7 Å². The standard InChI is InChI=1S/C29H36N6O5S/c1-19-24(17-30-26-25(19)35(13-14-39-26)28(36)40-29(2,3)4)34-12-10-21-16-31-27(33-23(21)18-34)32-22-8-6-20(7-9-22)11-15-41(5,37)38/h6-9,16-17H,10-15,18H2,1-5H3,(H,31,32,33). The second-order valence-corrected chi connectivity index (χ2v) is 13.7. The first-order chi connectivity index (χ1) is 19.4. The lowest BCUT2D eigenvalue weighted by Crippen LogP contribution is -2.42. The van der Waals surface area contributed by atoms with Gasteiger partial charge in [0.25, 0.3) is 0 Å². The van der Waals surface area contributed by atoms with E-state index in [-0.39, 0.29) is 5.75 Å². The Balaban J connectivity index is 1.33. The van der Waals surface area contributed by atoms with Crippen LogP contribution in [0.5, 0.6) is 5.88 Å². The SMILES string of the molecule is Cc1c(N2CCc3cnc(Nc4ccc(CCS(C)(=O)=O)cc4)nc3C2)cnc2c1N(C(=O)OC(C)(C)C)CCO2. The van der Waals surface area contributed by atoms with Gasteiger partial charge in [0.2, 0.25) is 11.8 Å². The number of anilines is 4. The largest absolute Gasteiger partial charge is 0.474 e. The Morgan fingerprint density at radius 2 is 1.88 bits per heavy atom. The number of hydrogen-bond acceptors (Lipinski definition) is 10. The smallest absolute Gasteiger partial charge is 0.415 e. The lowest BCUT2D eigenvalue weighted by atomic mass is 10.0. The van der Waals surface area contributed by atoms with Crippen molar-refractivity contribution in [3.8, 4) is 5.88 Å². The van der Waals surface area contributed by atoms with Crippen LogP contribution in [-0.2, 0) is 34.0 Å². The summed E-state index contributed by atoms with van der Waals surface area (Å²) in [6, 6.07) is 7.61. The van der Waals surface area contributed by atoms with Crippen molar-refractivity contribution >= 4 is 38.9 Å². The van der Waals surface area contributed by atoms with Gasteiger partial charge in [-0.25, -0.2) is 28.2 Å². The number of ether oxygens (including phenoxy) is 2. The number of carbonyl (C=O) groups excluding carboxylic acids is 1. The van der Waals surface area contributed by atoms with E-state index in [1.165, 1.54) is 6.26 Å². The van der Waals surface area contributed by atoms with Gasteiger partial charge in [0.05, 0.1) is 36.4 Å². The lowest BCUT2D eigenvalue weighted by molar-refractivity contribution is 0.0566. The number of sulfone groups is 1. The van der Waals surface area contributed by atoms with Crippen LogP contribution in [0, 0.1) is 6.92 Å². The molecular weight excluding hydrogens is 544 g/mol. The van der Waals surface area contributed by atoms with E-state index in [0.717, 1.165) is 46.7 Å². The van der Waals surface area contributed by atoms with E-state index >= 15 is 0 Å². The molecule has 0 fully saturated rings. The second-order valence-electron chi connectivity index (χ2n) is 11.4. The fourth-order valence-corrected chi connectivity index (χ4v) is 5.51.